The average Bonchev–Trinajstić information content (AvgIpc) is 3.12. The third-order valence-corrected chi connectivity index (χ3v) is 14.0. The highest BCUT2D eigenvalue weighted by Crippen LogP contribution is 2.77. The van der Waals surface area contributed by atoms with Crippen molar-refractivity contribution in [2.75, 3.05) is 6.61 Å². The summed E-state index contributed by atoms with van der Waals surface area (Å²) in [6.07, 6.45) is 11.3. The zero-order valence-corrected chi connectivity index (χ0v) is 23.2. The fraction of sp³-hybridized carbons (Fsp3) is 0.967. The largest absolute Gasteiger partial charge is 0.377 e. The molecule has 35 heavy (non-hydrogen) atoms. The molecule has 0 radical (unpaired) electrons. The summed E-state index contributed by atoms with van der Waals surface area (Å²) in [5.41, 5.74) is 10.1. The van der Waals surface area contributed by atoms with Crippen LogP contribution in [0.15, 0.2) is 5.11 Å². The van der Waals surface area contributed by atoms with Gasteiger partial charge in [0.05, 0.1) is 18.8 Å². The molecule has 1 heterocycles. The second-order valence-electron chi connectivity index (χ2n) is 15.8. The minimum Gasteiger partial charge on any atom is -0.377 e. The molecular weight excluding hydrogens is 434 g/mol. The van der Waals surface area contributed by atoms with Gasteiger partial charge in [0, 0.05) is 10.3 Å². The van der Waals surface area contributed by atoms with Gasteiger partial charge >= 0.3 is 0 Å². The van der Waals surface area contributed by atoms with Crippen LogP contribution in [0.5, 0.6) is 0 Å². The lowest BCUT2D eigenvalue weighted by Crippen LogP contribution is -2.68. The Bertz CT molecular complexity index is 1000. The third kappa shape index (κ3) is 2.76. The van der Waals surface area contributed by atoms with Crippen LogP contribution in [0.2, 0.25) is 0 Å². The summed E-state index contributed by atoms with van der Waals surface area (Å²) in [6, 6.07) is -0.512. The first-order chi connectivity index (χ1) is 16.3. The van der Waals surface area contributed by atoms with Crippen molar-refractivity contribution in [3.63, 3.8) is 0 Å². The molecule has 0 spiro atoms. The van der Waals surface area contributed by atoms with Crippen LogP contribution in [0.4, 0.5) is 0 Å². The molecule has 1 aliphatic heterocycles. The lowest BCUT2D eigenvalue weighted by atomic mass is 9.31. The van der Waals surface area contributed by atoms with Crippen molar-refractivity contribution in [3.05, 3.63) is 10.4 Å². The molecule has 6 fully saturated rings. The molecule has 5 heteroatoms. The second kappa shape index (κ2) is 7.07. The van der Waals surface area contributed by atoms with Gasteiger partial charge in [0.25, 0.3) is 0 Å². The van der Waals surface area contributed by atoms with Gasteiger partial charge in [-0.05, 0) is 114 Å². The Morgan fingerprint density at radius 3 is 2.31 bits per heavy atom. The van der Waals surface area contributed by atoms with Gasteiger partial charge in [-0.3, -0.25) is 4.79 Å². The normalized spacial score (nSPS) is 55.6. The number of Topliss-reactive ketones (excluding diaryl/α,β-unsaturated/α-hetero) is 1. The van der Waals surface area contributed by atoms with Crippen molar-refractivity contribution in [3.8, 4) is 0 Å². The van der Waals surface area contributed by atoms with Crippen LogP contribution in [-0.4, -0.2) is 24.5 Å². The number of hydrogen-bond acceptors (Lipinski definition) is 3. The first-order valence-electron chi connectivity index (χ1n) is 14.5. The molecule has 6 aliphatic rings. The van der Waals surface area contributed by atoms with E-state index >= 15 is 0 Å². The molecule has 10 atom stereocenters. The molecule has 0 aromatic rings. The second-order valence-corrected chi connectivity index (χ2v) is 15.8. The molecule has 1 saturated heterocycles. The zero-order chi connectivity index (χ0) is 25.2. The van der Waals surface area contributed by atoms with Gasteiger partial charge in [0.15, 0.2) is 0 Å². The lowest BCUT2D eigenvalue weighted by Gasteiger charge is -2.73. The third-order valence-electron chi connectivity index (χ3n) is 14.0. The van der Waals surface area contributed by atoms with Gasteiger partial charge in [-0.2, -0.15) is 0 Å². The first kappa shape index (κ1) is 24.3. The van der Waals surface area contributed by atoms with Gasteiger partial charge < -0.3 is 4.74 Å². The quantitative estimate of drug-likeness (QED) is 0.218. The molecule has 5 saturated carbocycles. The Kier molecular flexibility index (Phi) is 4.91. The zero-order valence-electron chi connectivity index (χ0n) is 23.2. The van der Waals surface area contributed by atoms with Crippen molar-refractivity contribution < 1.29 is 9.53 Å². The highest BCUT2D eigenvalue weighted by atomic mass is 16.5. The number of carbonyl (C=O) groups excluding carboxylic acids is 1. The fourth-order valence-electron chi connectivity index (χ4n) is 12.1. The maximum Gasteiger partial charge on any atom is 0.147 e. The summed E-state index contributed by atoms with van der Waals surface area (Å²) in [5.74, 6) is 2.54. The van der Waals surface area contributed by atoms with Crippen molar-refractivity contribution in [2.45, 2.75) is 118 Å². The molecule has 3 unspecified atom stereocenters. The van der Waals surface area contributed by atoms with E-state index in [9.17, 15) is 10.3 Å². The van der Waals surface area contributed by atoms with Crippen molar-refractivity contribution >= 4 is 5.78 Å². The minimum atomic E-state index is -0.512. The van der Waals surface area contributed by atoms with E-state index in [1.54, 1.807) is 0 Å². The molecule has 5 nitrogen and oxygen atoms in total. The Hall–Kier alpha value is -1.06. The predicted octanol–water partition coefficient (Wildman–Crippen LogP) is 7.73. The van der Waals surface area contributed by atoms with Crippen LogP contribution in [0, 0.1) is 56.2 Å². The summed E-state index contributed by atoms with van der Waals surface area (Å²) in [4.78, 5) is 16.5. The molecule has 0 amide bonds. The molecule has 194 valence electrons. The van der Waals surface area contributed by atoms with Crippen LogP contribution >= 0.6 is 0 Å². The maximum absolute atomic E-state index is 13.4. The number of nitrogens with zero attached hydrogens (tertiary/aromatic N) is 3. The summed E-state index contributed by atoms with van der Waals surface area (Å²) in [6.45, 7) is 17.9. The standard InChI is InChI=1S/C30H47N3O2/c1-25(2)12-14-30-15-13-28(6)18(22(30)24(25)35-17-30)8-9-21-27(5)16-19(32-33-31)23(34)26(3,4)20(27)10-11-29(21,28)7/h18-22,24H,8-17H2,1-7H3/t18-,19?,20+,21-,22?,24?,27+,28-,29-,30-/m1/s1. The van der Waals surface area contributed by atoms with Gasteiger partial charge in [0.1, 0.15) is 5.78 Å². The van der Waals surface area contributed by atoms with E-state index in [2.05, 4.69) is 58.5 Å². The van der Waals surface area contributed by atoms with Crippen LogP contribution in [0.3, 0.4) is 0 Å². The Labute approximate surface area is 212 Å². The highest BCUT2D eigenvalue weighted by Gasteiger charge is 2.73. The number of rotatable bonds is 1. The number of ether oxygens (including phenoxy) is 1. The van der Waals surface area contributed by atoms with E-state index in [1.807, 2.05) is 0 Å². The average molecular weight is 482 g/mol. The SMILES string of the molecule is CC1(C)CC[C@]23CC[C@]4(C)[C@H](CC[C@@H]5[C@@]6(C)CC(N=[N+]=[N-])C(=O)C(C)(C)[C@@H]6CC[C@]54C)C2C1OC3. The van der Waals surface area contributed by atoms with E-state index in [4.69, 9.17) is 4.74 Å². The van der Waals surface area contributed by atoms with Crippen molar-refractivity contribution in [1.82, 2.24) is 0 Å². The maximum atomic E-state index is 13.4. The number of fused-ring (bicyclic) bond motifs is 5. The lowest BCUT2D eigenvalue weighted by molar-refractivity contribution is -0.240. The van der Waals surface area contributed by atoms with Crippen molar-refractivity contribution in [2.24, 2.45) is 61.3 Å². The number of hydrogen-bond donors (Lipinski definition) is 0. The minimum absolute atomic E-state index is 0.0354. The summed E-state index contributed by atoms with van der Waals surface area (Å²) < 4.78 is 6.69. The van der Waals surface area contributed by atoms with Crippen LogP contribution in [0.25, 0.3) is 10.4 Å². The van der Waals surface area contributed by atoms with Gasteiger partial charge in [-0.25, -0.2) is 0 Å². The van der Waals surface area contributed by atoms with Crippen LogP contribution in [0.1, 0.15) is 106 Å². The van der Waals surface area contributed by atoms with Gasteiger partial charge in [-0.1, -0.05) is 53.6 Å². The topological polar surface area (TPSA) is 75.1 Å². The summed E-state index contributed by atoms with van der Waals surface area (Å²) in [7, 11) is 0. The number of azide groups is 1. The molecule has 0 aromatic heterocycles. The smallest absolute Gasteiger partial charge is 0.147 e. The highest BCUT2D eigenvalue weighted by molar-refractivity contribution is 5.90. The number of carbonyl (C=O) groups is 1. The summed E-state index contributed by atoms with van der Waals surface area (Å²) in [5, 5.41) is 4.07. The van der Waals surface area contributed by atoms with Crippen molar-refractivity contribution in [1.29, 1.82) is 0 Å². The summed E-state index contributed by atoms with van der Waals surface area (Å²) >= 11 is 0. The van der Waals surface area contributed by atoms with E-state index < -0.39 is 11.5 Å². The van der Waals surface area contributed by atoms with Gasteiger partial charge in [-0.15, -0.1) is 0 Å². The predicted molar refractivity (Wildman–Crippen MR) is 138 cm³/mol. The van der Waals surface area contributed by atoms with E-state index in [0.717, 1.165) is 25.4 Å². The van der Waals surface area contributed by atoms with Crippen LogP contribution in [-0.2, 0) is 9.53 Å². The Morgan fingerprint density at radius 2 is 1.60 bits per heavy atom. The number of ketones is 1. The molecular formula is C30H47N3O2. The monoisotopic (exact) mass is 481 g/mol. The van der Waals surface area contributed by atoms with E-state index in [0.29, 0.717) is 34.7 Å². The Balaban J connectivity index is 1.41. The fourth-order valence-corrected chi connectivity index (χ4v) is 12.1. The molecule has 2 bridgehead atoms. The molecule has 0 N–H and O–H groups in total. The Morgan fingerprint density at radius 1 is 0.886 bits per heavy atom. The molecule has 0 aromatic carbocycles. The van der Waals surface area contributed by atoms with Gasteiger partial charge in [0.2, 0.25) is 0 Å². The van der Waals surface area contributed by atoms with Crippen LogP contribution < -0.4 is 0 Å². The van der Waals surface area contributed by atoms with E-state index in [1.165, 1.54) is 44.9 Å². The molecule has 6 rings (SSSR count). The molecule has 5 aliphatic carbocycles. The first-order valence-corrected chi connectivity index (χ1v) is 14.5. The van der Waals surface area contributed by atoms with E-state index in [-0.39, 0.29) is 22.0 Å².